The zero-order valence-electron chi connectivity index (χ0n) is 5.17. The van der Waals surface area contributed by atoms with Gasteiger partial charge in [-0.3, -0.25) is 0 Å². The van der Waals surface area contributed by atoms with Crippen LogP contribution in [0.3, 0.4) is 0 Å². The molecule has 0 saturated heterocycles. The number of rotatable bonds is 0. The first-order valence-corrected chi connectivity index (χ1v) is 3.15. The Kier molecular flexibility index (Phi) is 1.69. The highest BCUT2D eigenvalue weighted by molar-refractivity contribution is 4.96. The summed E-state index contributed by atoms with van der Waals surface area (Å²) in [7, 11) is 0. The summed E-state index contributed by atoms with van der Waals surface area (Å²) in [5, 5.41) is 8.94. The molecule has 46 valence electrons. The highest BCUT2D eigenvalue weighted by Gasteiger charge is 2.07. The number of aliphatic hydroxyl groups is 1. The summed E-state index contributed by atoms with van der Waals surface area (Å²) in [6.45, 7) is 2.17. The van der Waals surface area contributed by atoms with Crippen molar-refractivity contribution in [3.63, 3.8) is 0 Å². The molecule has 0 fully saturated rings. The van der Waals surface area contributed by atoms with Crippen LogP contribution < -0.4 is 0 Å². The lowest BCUT2D eigenvalue weighted by Gasteiger charge is -2.14. The van der Waals surface area contributed by atoms with Crippen molar-refractivity contribution in [1.29, 1.82) is 0 Å². The molecule has 0 radical (unpaired) electrons. The van der Waals surface area contributed by atoms with Crippen LogP contribution in [-0.4, -0.2) is 11.2 Å². The van der Waals surface area contributed by atoms with Gasteiger partial charge < -0.3 is 5.11 Å². The first-order valence-electron chi connectivity index (χ1n) is 3.15. The van der Waals surface area contributed by atoms with E-state index in [2.05, 4.69) is 13.0 Å². The molecule has 2 unspecified atom stereocenters. The van der Waals surface area contributed by atoms with E-state index in [1.165, 1.54) is 0 Å². The van der Waals surface area contributed by atoms with Crippen LogP contribution in [0.4, 0.5) is 0 Å². The number of aliphatic hydroxyl groups excluding tert-OH is 1. The Hall–Kier alpha value is -0.300. The monoisotopic (exact) mass is 112 g/mol. The van der Waals surface area contributed by atoms with Crippen LogP contribution in [0.15, 0.2) is 12.2 Å². The van der Waals surface area contributed by atoms with Crippen molar-refractivity contribution < 1.29 is 5.11 Å². The molecule has 0 aromatic carbocycles. The van der Waals surface area contributed by atoms with Gasteiger partial charge in [0.05, 0.1) is 6.10 Å². The summed E-state index contributed by atoms with van der Waals surface area (Å²) in [5.41, 5.74) is 0. The van der Waals surface area contributed by atoms with Crippen LogP contribution in [0.25, 0.3) is 0 Å². The lowest BCUT2D eigenvalue weighted by molar-refractivity contribution is 0.196. The Morgan fingerprint density at radius 2 is 2.12 bits per heavy atom. The fourth-order valence-corrected chi connectivity index (χ4v) is 0.944. The summed E-state index contributed by atoms with van der Waals surface area (Å²) in [6, 6.07) is 0. The van der Waals surface area contributed by atoms with Crippen molar-refractivity contribution >= 4 is 0 Å². The standard InChI is InChI=1S/C7H12O/c1-6-2-4-7(8)5-3-6/h2,4,6-8H,3,5H2,1H3. The average Bonchev–Trinajstić information content (AvgIpc) is 1.77. The van der Waals surface area contributed by atoms with Crippen LogP contribution in [0.5, 0.6) is 0 Å². The number of allylic oxidation sites excluding steroid dienone is 1. The molecule has 0 amide bonds. The molecule has 2 atom stereocenters. The van der Waals surface area contributed by atoms with Gasteiger partial charge in [0.1, 0.15) is 0 Å². The number of hydrogen-bond acceptors (Lipinski definition) is 1. The van der Waals surface area contributed by atoms with Gasteiger partial charge in [-0.05, 0) is 18.8 Å². The van der Waals surface area contributed by atoms with E-state index in [1.807, 2.05) is 6.08 Å². The lowest BCUT2D eigenvalue weighted by atomic mass is 9.96. The van der Waals surface area contributed by atoms with Gasteiger partial charge in [0.15, 0.2) is 0 Å². The zero-order valence-corrected chi connectivity index (χ0v) is 5.17. The first-order chi connectivity index (χ1) is 3.79. The fraction of sp³-hybridized carbons (Fsp3) is 0.714. The van der Waals surface area contributed by atoms with Gasteiger partial charge >= 0.3 is 0 Å². The van der Waals surface area contributed by atoms with Crippen LogP contribution in [0, 0.1) is 5.92 Å². The van der Waals surface area contributed by atoms with Crippen LogP contribution in [-0.2, 0) is 0 Å². The molecular weight excluding hydrogens is 100 g/mol. The fourth-order valence-electron chi connectivity index (χ4n) is 0.944. The maximum Gasteiger partial charge on any atom is 0.0721 e. The van der Waals surface area contributed by atoms with E-state index in [0.717, 1.165) is 12.8 Å². The van der Waals surface area contributed by atoms with Crippen molar-refractivity contribution in [3.05, 3.63) is 12.2 Å². The van der Waals surface area contributed by atoms with E-state index in [4.69, 9.17) is 5.11 Å². The maximum absolute atomic E-state index is 8.94. The molecule has 0 aliphatic heterocycles. The van der Waals surface area contributed by atoms with E-state index in [9.17, 15) is 0 Å². The van der Waals surface area contributed by atoms with Gasteiger partial charge in [0, 0.05) is 0 Å². The molecule has 0 aromatic heterocycles. The molecule has 1 nitrogen and oxygen atoms in total. The summed E-state index contributed by atoms with van der Waals surface area (Å²) in [5.74, 6) is 0.679. The summed E-state index contributed by atoms with van der Waals surface area (Å²) >= 11 is 0. The molecule has 1 heteroatoms. The predicted octanol–water partition coefficient (Wildman–Crippen LogP) is 1.33. The second-order valence-corrected chi connectivity index (χ2v) is 2.51. The molecule has 1 N–H and O–H groups in total. The Balaban J connectivity index is 2.42. The van der Waals surface area contributed by atoms with Gasteiger partial charge in [-0.25, -0.2) is 0 Å². The Labute approximate surface area is 50.0 Å². The largest absolute Gasteiger partial charge is 0.389 e. The topological polar surface area (TPSA) is 20.2 Å². The third-order valence-electron chi connectivity index (χ3n) is 1.58. The summed E-state index contributed by atoms with van der Waals surface area (Å²) in [4.78, 5) is 0. The lowest BCUT2D eigenvalue weighted by Crippen LogP contribution is -2.09. The Morgan fingerprint density at radius 3 is 2.50 bits per heavy atom. The molecule has 0 saturated carbocycles. The third-order valence-corrected chi connectivity index (χ3v) is 1.58. The van der Waals surface area contributed by atoms with E-state index in [0.29, 0.717) is 5.92 Å². The molecule has 0 aromatic rings. The minimum absolute atomic E-state index is 0.161. The van der Waals surface area contributed by atoms with E-state index >= 15 is 0 Å². The molecule has 8 heavy (non-hydrogen) atoms. The smallest absolute Gasteiger partial charge is 0.0721 e. The molecular formula is C7H12O. The van der Waals surface area contributed by atoms with Gasteiger partial charge in [-0.2, -0.15) is 0 Å². The second kappa shape index (κ2) is 2.31. The average molecular weight is 112 g/mol. The minimum Gasteiger partial charge on any atom is -0.389 e. The van der Waals surface area contributed by atoms with Crippen molar-refractivity contribution in [2.75, 3.05) is 0 Å². The van der Waals surface area contributed by atoms with E-state index in [1.54, 1.807) is 0 Å². The quantitative estimate of drug-likeness (QED) is 0.469. The third kappa shape index (κ3) is 1.34. The normalized spacial score (nSPS) is 37.8. The first kappa shape index (κ1) is 5.83. The summed E-state index contributed by atoms with van der Waals surface area (Å²) < 4.78 is 0. The predicted molar refractivity (Wildman–Crippen MR) is 33.5 cm³/mol. The Morgan fingerprint density at radius 1 is 1.38 bits per heavy atom. The van der Waals surface area contributed by atoms with Gasteiger partial charge in [-0.1, -0.05) is 19.1 Å². The zero-order chi connectivity index (χ0) is 5.98. The van der Waals surface area contributed by atoms with Crippen molar-refractivity contribution in [2.45, 2.75) is 25.9 Å². The minimum atomic E-state index is -0.161. The Bertz CT molecular complexity index is 84.6. The molecule has 0 heterocycles. The molecule has 0 spiro atoms. The molecule has 0 bridgehead atoms. The van der Waals surface area contributed by atoms with Crippen LogP contribution in [0.1, 0.15) is 19.8 Å². The van der Waals surface area contributed by atoms with Gasteiger partial charge in [-0.15, -0.1) is 0 Å². The number of hydrogen-bond donors (Lipinski definition) is 1. The van der Waals surface area contributed by atoms with E-state index in [-0.39, 0.29) is 6.10 Å². The van der Waals surface area contributed by atoms with Crippen LogP contribution in [0.2, 0.25) is 0 Å². The molecule has 1 aliphatic carbocycles. The second-order valence-electron chi connectivity index (χ2n) is 2.51. The van der Waals surface area contributed by atoms with Gasteiger partial charge in [0.2, 0.25) is 0 Å². The maximum atomic E-state index is 8.94. The highest BCUT2D eigenvalue weighted by Crippen LogP contribution is 2.15. The van der Waals surface area contributed by atoms with Crippen molar-refractivity contribution in [1.82, 2.24) is 0 Å². The van der Waals surface area contributed by atoms with Crippen molar-refractivity contribution in [2.24, 2.45) is 5.92 Å². The summed E-state index contributed by atoms with van der Waals surface area (Å²) in [6.07, 6.45) is 5.88. The molecule has 1 aliphatic rings. The van der Waals surface area contributed by atoms with Gasteiger partial charge in [0.25, 0.3) is 0 Å². The van der Waals surface area contributed by atoms with E-state index < -0.39 is 0 Å². The molecule has 1 rings (SSSR count). The SMILES string of the molecule is CC1C=CC(O)CC1. The van der Waals surface area contributed by atoms with Crippen molar-refractivity contribution in [3.8, 4) is 0 Å². The van der Waals surface area contributed by atoms with Crippen LogP contribution >= 0.6 is 0 Å². The highest BCUT2D eigenvalue weighted by atomic mass is 16.3.